The normalized spacial score (nSPS) is 11.0. The van der Waals surface area contributed by atoms with Crippen LogP contribution < -0.4 is 0 Å². The van der Waals surface area contributed by atoms with E-state index in [2.05, 4.69) is 4.98 Å². The Kier molecular flexibility index (Phi) is 2.10. The maximum atomic E-state index is 11.0. The van der Waals surface area contributed by atoms with Crippen molar-refractivity contribution in [3.8, 4) is 0 Å². The van der Waals surface area contributed by atoms with Crippen LogP contribution in [0.25, 0.3) is 10.2 Å². The zero-order valence-electron chi connectivity index (χ0n) is 6.65. The van der Waals surface area contributed by atoms with Crippen molar-refractivity contribution in [1.29, 1.82) is 0 Å². The van der Waals surface area contributed by atoms with Crippen molar-refractivity contribution in [2.45, 2.75) is 6.92 Å². The van der Waals surface area contributed by atoms with Gasteiger partial charge in [0, 0.05) is 6.92 Å². The van der Waals surface area contributed by atoms with Crippen LogP contribution in [0.1, 0.15) is 17.4 Å². The summed E-state index contributed by atoms with van der Waals surface area (Å²) in [5, 5.41) is 0.495. The molecule has 13 heavy (non-hydrogen) atoms. The Balaban J connectivity index is 2.72. The first-order valence-electron chi connectivity index (χ1n) is 3.57. The van der Waals surface area contributed by atoms with Crippen LogP contribution in [0.3, 0.4) is 0 Å². The highest BCUT2D eigenvalue weighted by atomic mass is 35.5. The number of fused-ring (bicyclic) bond motifs is 1. The van der Waals surface area contributed by atoms with E-state index in [0.717, 1.165) is 10.2 Å². The zero-order chi connectivity index (χ0) is 9.59. The summed E-state index contributed by atoms with van der Waals surface area (Å²) in [5.74, 6) is -0.00408. The van der Waals surface area contributed by atoms with Crippen LogP contribution in [0.5, 0.6) is 0 Å². The number of thiophene rings is 1. The SMILES string of the molecule is CC(=O)c1cc2sc(Cl)c(Cl)c2[nH]1. The van der Waals surface area contributed by atoms with E-state index in [-0.39, 0.29) is 5.78 Å². The van der Waals surface area contributed by atoms with Gasteiger partial charge >= 0.3 is 0 Å². The van der Waals surface area contributed by atoms with Crippen LogP contribution in [0.4, 0.5) is 0 Å². The number of Topliss-reactive ketones (excluding diaryl/α,β-unsaturated/α-hetero) is 1. The molecule has 2 nitrogen and oxygen atoms in total. The minimum Gasteiger partial charge on any atom is -0.350 e. The Bertz CT molecular complexity index is 486. The third-order valence-corrected chi connectivity index (χ3v) is 3.68. The second kappa shape index (κ2) is 3.01. The summed E-state index contributed by atoms with van der Waals surface area (Å²) in [5.41, 5.74) is 1.32. The number of hydrogen-bond donors (Lipinski definition) is 1. The van der Waals surface area contributed by atoms with Crippen molar-refractivity contribution in [2.24, 2.45) is 0 Å². The molecule has 0 saturated carbocycles. The van der Waals surface area contributed by atoms with E-state index >= 15 is 0 Å². The lowest BCUT2D eigenvalue weighted by molar-refractivity contribution is 0.101. The quantitative estimate of drug-likeness (QED) is 0.749. The minimum atomic E-state index is -0.00408. The molecule has 2 aromatic rings. The van der Waals surface area contributed by atoms with E-state index < -0.39 is 0 Å². The van der Waals surface area contributed by atoms with Crippen molar-refractivity contribution in [2.75, 3.05) is 0 Å². The van der Waals surface area contributed by atoms with Gasteiger partial charge in [0.25, 0.3) is 0 Å². The van der Waals surface area contributed by atoms with Gasteiger partial charge in [-0.15, -0.1) is 11.3 Å². The Morgan fingerprint density at radius 1 is 1.54 bits per heavy atom. The summed E-state index contributed by atoms with van der Waals surface area (Å²) in [7, 11) is 0. The molecule has 0 bridgehead atoms. The summed E-state index contributed by atoms with van der Waals surface area (Å²) < 4.78 is 1.47. The van der Waals surface area contributed by atoms with Crippen molar-refractivity contribution >= 4 is 50.5 Å². The zero-order valence-corrected chi connectivity index (χ0v) is 8.98. The molecule has 0 amide bonds. The molecule has 68 valence electrons. The van der Waals surface area contributed by atoms with Gasteiger partial charge in [-0.05, 0) is 6.07 Å². The summed E-state index contributed by atoms with van der Waals surface area (Å²) in [4.78, 5) is 13.9. The average molecular weight is 234 g/mol. The largest absolute Gasteiger partial charge is 0.350 e. The predicted octanol–water partition coefficient (Wildman–Crippen LogP) is 3.74. The number of aromatic nitrogens is 1. The van der Waals surface area contributed by atoms with Crippen LogP contribution in [-0.2, 0) is 0 Å². The Morgan fingerprint density at radius 2 is 2.23 bits per heavy atom. The smallest absolute Gasteiger partial charge is 0.175 e. The van der Waals surface area contributed by atoms with Crippen LogP contribution in [0.15, 0.2) is 6.07 Å². The maximum absolute atomic E-state index is 11.0. The van der Waals surface area contributed by atoms with E-state index in [0.29, 0.717) is 15.1 Å². The van der Waals surface area contributed by atoms with E-state index in [4.69, 9.17) is 23.2 Å². The third kappa shape index (κ3) is 1.37. The van der Waals surface area contributed by atoms with Crippen molar-refractivity contribution < 1.29 is 4.79 Å². The lowest BCUT2D eigenvalue weighted by Crippen LogP contribution is -1.90. The van der Waals surface area contributed by atoms with Crippen LogP contribution in [0, 0.1) is 0 Å². The number of H-pyrrole nitrogens is 1. The van der Waals surface area contributed by atoms with Crippen molar-refractivity contribution in [1.82, 2.24) is 4.98 Å². The first-order valence-corrected chi connectivity index (χ1v) is 5.14. The Labute approximate surface area is 88.5 Å². The van der Waals surface area contributed by atoms with Gasteiger partial charge in [-0.2, -0.15) is 0 Å². The highest BCUT2D eigenvalue weighted by Crippen LogP contribution is 2.38. The first kappa shape index (κ1) is 9.06. The van der Waals surface area contributed by atoms with E-state index in [1.54, 1.807) is 6.07 Å². The molecule has 0 radical (unpaired) electrons. The van der Waals surface area contributed by atoms with E-state index in [1.807, 2.05) is 0 Å². The van der Waals surface area contributed by atoms with E-state index in [1.165, 1.54) is 18.3 Å². The molecule has 5 heteroatoms. The second-order valence-corrected chi connectivity index (χ2v) is 4.70. The maximum Gasteiger partial charge on any atom is 0.175 e. The minimum absolute atomic E-state index is 0.00408. The molecule has 0 atom stereocenters. The molecule has 0 saturated heterocycles. The fourth-order valence-electron chi connectivity index (χ4n) is 1.11. The molecule has 0 unspecified atom stereocenters. The van der Waals surface area contributed by atoms with E-state index in [9.17, 15) is 4.79 Å². The van der Waals surface area contributed by atoms with Crippen LogP contribution >= 0.6 is 34.5 Å². The van der Waals surface area contributed by atoms with Crippen molar-refractivity contribution in [3.05, 3.63) is 21.1 Å². The Hall–Kier alpha value is -0.510. The molecule has 0 aromatic carbocycles. The number of carbonyl (C=O) groups is 1. The lowest BCUT2D eigenvalue weighted by Gasteiger charge is -1.87. The van der Waals surface area contributed by atoms with Gasteiger partial charge in [-0.25, -0.2) is 0 Å². The molecule has 1 N–H and O–H groups in total. The van der Waals surface area contributed by atoms with Crippen molar-refractivity contribution in [3.63, 3.8) is 0 Å². The number of ketones is 1. The Morgan fingerprint density at radius 3 is 2.77 bits per heavy atom. The molecule has 2 aromatic heterocycles. The average Bonchev–Trinajstić information content (AvgIpc) is 2.55. The second-order valence-electron chi connectivity index (χ2n) is 2.67. The molecular formula is C8H5Cl2NOS. The summed E-state index contributed by atoms with van der Waals surface area (Å²) >= 11 is 13.1. The highest BCUT2D eigenvalue weighted by Gasteiger charge is 2.12. The fraction of sp³-hybridized carbons (Fsp3) is 0.125. The number of halogens is 2. The number of hydrogen-bond acceptors (Lipinski definition) is 2. The van der Waals surface area contributed by atoms with Gasteiger partial charge in [0.05, 0.1) is 20.9 Å². The van der Waals surface area contributed by atoms with Gasteiger partial charge in [-0.3, -0.25) is 4.79 Å². The predicted molar refractivity (Wildman–Crippen MR) is 56.2 cm³/mol. The summed E-state index contributed by atoms with van der Waals surface area (Å²) in [6.07, 6.45) is 0. The standard InChI is InChI=1S/C8H5Cl2NOS/c1-3(12)4-2-5-7(11-4)6(9)8(10)13-5/h2,11H,1H3. The number of aromatic amines is 1. The molecule has 2 rings (SSSR count). The monoisotopic (exact) mass is 233 g/mol. The number of nitrogens with one attached hydrogen (secondary N) is 1. The first-order chi connectivity index (χ1) is 6.09. The van der Waals surface area contributed by atoms with Crippen LogP contribution in [0.2, 0.25) is 9.36 Å². The number of carbonyl (C=O) groups excluding carboxylic acids is 1. The van der Waals surface area contributed by atoms with Gasteiger partial charge < -0.3 is 4.98 Å². The summed E-state index contributed by atoms with van der Waals surface area (Å²) in [6, 6.07) is 1.76. The molecule has 2 heterocycles. The third-order valence-electron chi connectivity index (χ3n) is 1.75. The number of rotatable bonds is 1. The molecule has 0 aliphatic heterocycles. The molecule has 0 aliphatic carbocycles. The van der Waals surface area contributed by atoms with Crippen LogP contribution in [-0.4, -0.2) is 10.8 Å². The lowest BCUT2D eigenvalue weighted by atomic mass is 10.3. The van der Waals surface area contributed by atoms with Gasteiger partial charge in [-0.1, -0.05) is 23.2 Å². The van der Waals surface area contributed by atoms with Gasteiger partial charge in [0.15, 0.2) is 5.78 Å². The fourth-order valence-corrected chi connectivity index (χ4v) is 2.59. The molecule has 0 spiro atoms. The molecular weight excluding hydrogens is 229 g/mol. The summed E-state index contributed by atoms with van der Waals surface area (Å²) in [6.45, 7) is 1.50. The molecule has 0 fully saturated rings. The van der Waals surface area contributed by atoms with Gasteiger partial charge in [0.2, 0.25) is 0 Å². The molecule has 0 aliphatic rings. The topological polar surface area (TPSA) is 32.9 Å². The van der Waals surface area contributed by atoms with Gasteiger partial charge in [0.1, 0.15) is 4.34 Å². The highest BCUT2D eigenvalue weighted by molar-refractivity contribution is 7.23.